The fourth-order valence-corrected chi connectivity index (χ4v) is 2.97. The van der Waals surface area contributed by atoms with Crippen molar-refractivity contribution in [2.45, 2.75) is 44.9 Å². The van der Waals surface area contributed by atoms with Crippen molar-refractivity contribution in [1.29, 1.82) is 0 Å². The zero-order valence-corrected chi connectivity index (χ0v) is 14.5. The largest absolute Gasteiger partial charge is 0.114 e. The second-order valence-electron chi connectivity index (χ2n) is 5.16. The summed E-state index contributed by atoms with van der Waals surface area (Å²) in [5, 5.41) is 0. The Balaban J connectivity index is 0.00000289. The van der Waals surface area contributed by atoms with Crippen LogP contribution in [-0.4, -0.2) is 19.5 Å². The van der Waals surface area contributed by atoms with Gasteiger partial charge in [-0.3, -0.25) is 0 Å². The summed E-state index contributed by atoms with van der Waals surface area (Å²) in [7, 11) is 0.342. The first-order valence-corrected chi connectivity index (χ1v) is 9.40. The molecule has 0 bridgehead atoms. The molecule has 1 aromatic carbocycles. The summed E-state index contributed by atoms with van der Waals surface area (Å²) in [4.78, 5) is 0. The van der Waals surface area contributed by atoms with Crippen LogP contribution in [0.2, 0.25) is 0 Å². The number of hydrogen-bond acceptors (Lipinski definition) is 0. The third-order valence-corrected chi connectivity index (χ3v) is 4.37. The summed E-state index contributed by atoms with van der Waals surface area (Å²) in [6.07, 6.45) is 11.3. The van der Waals surface area contributed by atoms with Crippen LogP contribution in [0, 0.1) is 0 Å². The lowest BCUT2D eigenvalue weighted by molar-refractivity contribution is 0.609. The molecule has 1 rings (SSSR count). The molecule has 0 fully saturated rings. The molecular formula is C16H28BrP. The van der Waals surface area contributed by atoms with Gasteiger partial charge < -0.3 is 0 Å². The van der Waals surface area contributed by atoms with Gasteiger partial charge >= 0.3 is 0 Å². The van der Waals surface area contributed by atoms with E-state index in [2.05, 4.69) is 43.7 Å². The molecule has 0 aliphatic carbocycles. The van der Waals surface area contributed by atoms with Crippen molar-refractivity contribution in [3.63, 3.8) is 0 Å². The third-order valence-electron chi connectivity index (χ3n) is 3.16. The molecule has 0 amide bonds. The summed E-state index contributed by atoms with van der Waals surface area (Å²) in [5.41, 5.74) is 1.50. The Morgan fingerprint density at radius 2 is 1.33 bits per heavy atom. The Bertz CT molecular complexity index is 272. The molecule has 0 heterocycles. The van der Waals surface area contributed by atoms with Crippen LogP contribution >= 0.6 is 24.9 Å². The number of aryl methyl sites for hydroxylation is 1. The predicted molar refractivity (Wildman–Crippen MR) is 91.8 cm³/mol. The fraction of sp³-hybridized carbons (Fsp3) is 0.625. The molecule has 0 aromatic heterocycles. The lowest BCUT2D eigenvalue weighted by Gasteiger charge is -2.05. The van der Waals surface area contributed by atoms with E-state index in [1.54, 1.807) is 0 Å². The van der Waals surface area contributed by atoms with Crippen molar-refractivity contribution in [2.24, 2.45) is 0 Å². The maximum absolute atomic E-state index is 2.38. The zero-order chi connectivity index (χ0) is 12.3. The van der Waals surface area contributed by atoms with Crippen molar-refractivity contribution >= 4 is 24.9 Å². The minimum atomic E-state index is 0. The van der Waals surface area contributed by atoms with Gasteiger partial charge in [-0.15, -0.1) is 24.9 Å². The number of unbranched alkanes of at least 4 members (excludes halogenated alkanes) is 5. The molecule has 0 aliphatic rings. The quantitative estimate of drug-likeness (QED) is 0.391. The van der Waals surface area contributed by atoms with E-state index < -0.39 is 0 Å². The minimum absolute atomic E-state index is 0. The third kappa shape index (κ3) is 10.1. The summed E-state index contributed by atoms with van der Waals surface area (Å²) >= 11 is 0. The average molecular weight is 331 g/mol. The molecule has 0 nitrogen and oxygen atoms in total. The number of halogens is 1. The molecule has 0 unspecified atom stereocenters. The summed E-state index contributed by atoms with van der Waals surface area (Å²) in [6, 6.07) is 10.9. The van der Waals surface area contributed by atoms with Gasteiger partial charge in [-0.25, -0.2) is 0 Å². The number of hydrogen-bond donors (Lipinski definition) is 0. The molecule has 0 aliphatic heterocycles. The van der Waals surface area contributed by atoms with Gasteiger partial charge in [0.2, 0.25) is 0 Å². The molecule has 2 heteroatoms. The Kier molecular flexibility index (Phi) is 12.3. The first kappa shape index (κ1) is 18.1. The van der Waals surface area contributed by atoms with Gasteiger partial charge in [-0.2, -0.15) is 0 Å². The molecule has 104 valence electrons. The highest BCUT2D eigenvalue weighted by molar-refractivity contribution is 8.93. The first-order chi connectivity index (χ1) is 8.29. The van der Waals surface area contributed by atoms with E-state index >= 15 is 0 Å². The average Bonchev–Trinajstić information content (AvgIpc) is 2.33. The Morgan fingerprint density at radius 3 is 1.94 bits per heavy atom. The fourth-order valence-electron chi connectivity index (χ4n) is 2.11. The van der Waals surface area contributed by atoms with Crippen molar-refractivity contribution < 1.29 is 0 Å². The van der Waals surface area contributed by atoms with E-state index in [-0.39, 0.29) is 17.0 Å². The molecule has 0 radical (unpaired) electrons. The molecule has 1 aromatic rings. The highest BCUT2D eigenvalue weighted by Gasteiger charge is 1.95. The van der Waals surface area contributed by atoms with Crippen LogP contribution in [0.5, 0.6) is 0 Å². The number of rotatable bonds is 9. The monoisotopic (exact) mass is 330 g/mol. The minimum Gasteiger partial charge on any atom is -0.114 e. The van der Waals surface area contributed by atoms with Gasteiger partial charge in [0.05, 0.1) is 0 Å². The van der Waals surface area contributed by atoms with Crippen LogP contribution in [0.3, 0.4) is 0 Å². The Hall–Kier alpha value is 0.130. The summed E-state index contributed by atoms with van der Waals surface area (Å²) in [6.45, 7) is 4.77. The van der Waals surface area contributed by atoms with Gasteiger partial charge in [0, 0.05) is 0 Å². The van der Waals surface area contributed by atoms with Gasteiger partial charge in [0.25, 0.3) is 0 Å². The molecular weight excluding hydrogens is 303 g/mol. The van der Waals surface area contributed by atoms with E-state index in [1.807, 2.05) is 0 Å². The van der Waals surface area contributed by atoms with Gasteiger partial charge in [-0.1, -0.05) is 56.0 Å². The molecule has 0 N–H and O–H groups in total. The molecule has 0 spiro atoms. The van der Waals surface area contributed by atoms with Gasteiger partial charge in [0.1, 0.15) is 0 Å². The molecule has 0 saturated heterocycles. The summed E-state index contributed by atoms with van der Waals surface area (Å²) < 4.78 is 0. The van der Waals surface area contributed by atoms with Crippen LogP contribution in [0.1, 0.15) is 44.1 Å². The normalized spacial score (nSPS) is 10.4. The molecule has 18 heavy (non-hydrogen) atoms. The summed E-state index contributed by atoms with van der Waals surface area (Å²) in [5.74, 6) is 0. The van der Waals surface area contributed by atoms with E-state index in [4.69, 9.17) is 0 Å². The second-order valence-corrected chi connectivity index (χ2v) is 7.77. The molecule has 0 atom stereocenters. The second kappa shape index (κ2) is 12.2. The van der Waals surface area contributed by atoms with Gasteiger partial charge in [0.15, 0.2) is 0 Å². The predicted octanol–water partition coefficient (Wildman–Crippen LogP) is 5.89. The Morgan fingerprint density at radius 1 is 0.778 bits per heavy atom. The maximum Gasteiger partial charge on any atom is -0.0279 e. The highest BCUT2D eigenvalue weighted by Crippen LogP contribution is 2.26. The first-order valence-electron chi connectivity index (χ1n) is 6.97. The van der Waals surface area contributed by atoms with Crippen LogP contribution in [0.25, 0.3) is 0 Å². The van der Waals surface area contributed by atoms with Crippen molar-refractivity contribution in [3.05, 3.63) is 35.9 Å². The smallest absolute Gasteiger partial charge is 0.0279 e. The van der Waals surface area contributed by atoms with Crippen LogP contribution in [0.15, 0.2) is 30.3 Å². The lowest BCUT2D eigenvalue weighted by Crippen LogP contribution is -1.87. The SMILES string of the molecule is Br.CP(C)CCCCCCCCc1ccccc1. The van der Waals surface area contributed by atoms with Crippen molar-refractivity contribution in [2.75, 3.05) is 19.5 Å². The van der Waals surface area contributed by atoms with Crippen LogP contribution in [0.4, 0.5) is 0 Å². The number of benzene rings is 1. The lowest BCUT2D eigenvalue weighted by atomic mass is 10.1. The topological polar surface area (TPSA) is 0 Å². The van der Waals surface area contributed by atoms with Crippen LogP contribution in [-0.2, 0) is 6.42 Å². The van der Waals surface area contributed by atoms with Crippen molar-refractivity contribution in [1.82, 2.24) is 0 Å². The van der Waals surface area contributed by atoms with Crippen molar-refractivity contribution in [3.8, 4) is 0 Å². The molecule has 0 saturated carbocycles. The van der Waals surface area contributed by atoms with Crippen LogP contribution < -0.4 is 0 Å². The maximum atomic E-state index is 2.38. The highest BCUT2D eigenvalue weighted by atomic mass is 79.9. The van der Waals surface area contributed by atoms with Gasteiger partial charge in [-0.05, 0) is 44.3 Å². The standard InChI is InChI=1S/C16H27P.BrH/c1-17(2)15-11-6-4-3-5-8-12-16-13-9-7-10-14-16;/h7,9-10,13-14H,3-6,8,11-12,15H2,1-2H3;1H. The van der Waals surface area contributed by atoms with E-state index in [0.29, 0.717) is 7.92 Å². The van der Waals surface area contributed by atoms with E-state index in [9.17, 15) is 0 Å². The Labute approximate surface area is 125 Å². The van der Waals surface area contributed by atoms with E-state index in [0.717, 1.165) is 0 Å². The van der Waals surface area contributed by atoms with E-state index in [1.165, 1.54) is 56.7 Å². The zero-order valence-electron chi connectivity index (χ0n) is 11.9.